The number of carbonyl (C=O) groups is 1. The van der Waals surface area contributed by atoms with Crippen LogP contribution in [0.4, 0.5) is 0 Å². The molecule has 98 valence electrons. The van der Waals surface area contributed by atoms with Crippen LogP contribution in [0.1, 0.15) is 53.0 Å². The molecule has 0 saturated carbocycles. The summed E-state index contributed by atoms with van der Waals surface area (Å²) in [4.78, 5) is 12.2. The fraction of sp³-hybridized carbons (Fsp3) is 0.533. The number of halogens is 1. The summed E-state index contributed by atoms with van der Waals surface area (Å²) in [5, 5.41) is 2.90. The van der Waals surface area contributed by atoms with Gasteiger partial charge in [0.25, 0.3) is 5.91 Å². The fourth-order valence-electron chi connectivity index (χ4n) is 2.28. The highest BCUT2D eigenvalue weighted by atomic mass is 79.9. The highest BCUT2D eigenvalue weighted by Gasteiger charge is 2.19. The summed E-state index contributed by atoms with van der Waals surface area (Å²) < 4.78 is 0. The van der Waals surface area contributed by atoms with Gasteiger partial charge < -0.3 is 5.32 Å². The third-order valence-corrected chi connectivity index (χ3v) is 4.63. The molecule has 2 atom stereocenters. The molecule has 18 heavy (non-hydrogen) atoms. The van der Waals surface area contributed by atoms with Gasteiger partial charge in [0.2, 0.25) is 0 Å². The van der Waals surface area contributed by atoms with Gasteiger partial charge in [-0.25, -0.2) is 0 Å². The summed E-state index contributed by atoms with van der Waals surface area (Å²) in [6.45, 7) is 5.24. The Balaban J connectivity index is 2.19. The molecular weight excluding hydrogens is 290 g/mol. The van der Waals surface area contributed by atoms with Crippen molar-refractivity contribution in [2.75, 3.05) is 6.54 Å². The van der Waals surface area contributed by atoms with Gasteiger partial charge in [-0.05, 0) is 36.0 Å². The molecule has 1 aromatic rings. The zero-order valence-electron chi connectivity index (χ0n) is 11.0. The Morgan fingerprint density at radius 2 is 2.22 bits per heavy atom. The quantitative estimate of drug-likeness (QED) is 0.841. The van der Waals surface area contributed by atoms with E-state index in [2.05, 4.69) is 47.2 Å². The van der Waals surface area contributed by atoms with Gasteiger partial charge in [-0.3, -0.25) is 4.79 Å². The topological polar surface area (TPSA) is 29.1 Å². The summed E-state index contributed by atoms with van der Waals surface area (Å²) in [6.07, 6.45) is 3.24. The molecule has 2 rings (SSSR count). The Kier molecular flexibility index (Phi) is 4.44. The standard InChI is InChI=1S/C15H20BrNO/c1-3-10(2)8-14(16)12-5-4-11-6-7-17-15(18)13(11)9-12/h4-5,9-10,14H,3,6-8H2,1-2H3,(H,17,18). The highest BCUT2D eigenvalue weighted by molar-refractivity contribution is 9.09. The predicted octanol–water partition coefficient (Wildman–Crippen LogP) is 3.84. The predicted molar refractivity (Wildman–Crippen MR) is 78.2 cm³/mol. The van der Waals surface area contributed by atoms with E-state index in [9.17, 15) is 4.79 Å². The molecule has 2 unspecified atom stereocenters. The van der Waals surface area contributed by atoms with E-state index in [-0.39, 0.29) is 5.91 Å². The van der Waals surface area contributed by atoms with Crippen LogP contribution in [-0.2, 0) is 6.42 Å². The SMILES string of the molecule is CCC(C)CC(Br)c1ccc2c(c1)C(=O)NCC2. The van der Waals surface area contributed by atoms with E-state index in [0.29, 0.717) is 10.7 Å². The number of hydrogen-bond acceptors (Lipinski definition) is 1. The Bertz CT molecular complexity index is 444. The van der Waals surface area contributed by atoms with Crippen LogP contribution in [0, 0.1) is 5.92 Å². The molecule has 1 N–H and O–H groups in total. The maximum Gasteiger partial charge on any atom is 0.251 e. The number of benzene rings is 1. The smallest absolute Gasteiger partial charge is 0.251 e. The van der Waals surface area contributed by atoms with Crippen molar-refractivity contribution in [3.63, 3.8) is 0 Å². The van der Waals surface area contributed by atoms with Gasteiger partial charge in [0.15, 0.2) is 0 Å². The lowest BCUT2D eigenvalue weighted by atomic mass is 9.94. The third-order valence-electron chi connectivity index (χ3n) is 3.73. The minimum atomic E-state index is 0.0707. The van der Waals surface area contributed by atoms with Crippen LogP contribution >= 0.6 is 15.9 Å². The first-order valence-corrected chi connectivity index (χ1v) is 7.58. The molecule has 0 aromatic heterocycles. The first-order valence-electron chi connectivity index (χ1n) is 6.67. The van der Waals surface area contributed by atoms with Gasteiger partial charge in [0.05, 0.1) is 0 Å². The number of nitrogens with one attached hydrogen (secondary N) is 1. The van der Waals surface area contributed by atoms with E-state index < -0.39 is 0 Å². The number of carbonyl (C=O) groups excluding carboxylic acids is 1. The van der Waals surface area contributed by atoms with Gasteiger partial charge in [-0.1, -0.05) is 48.3 Å². The second-order valence-electron chi connectivity index (χ2n) is 5.14. The van der Waals surface area contributed by atoms with Gasteiger partial charge in [0, 0.05) is 16.9 Å². The molecular formula is C15H20BrNO. The summed E-state index contributed by atoms with van der Waals surface area (Å²) in [5.74, 6) is 0.764. The molecule has 0 saturated heterocycles. The van der Waals surface area contributed by atoms with Crippen molar-refractivity contribution in [3.05, 3.63) is 34.9 Å². The Morgan fingerprint density at radius 3 is 2.94 bits per heavy atom. The maximum absolute atomic E-state index is 11.8. The van der Waals surface area contributed by atoms with Crippen molar-refractivity contribution < 1.29 is 4.79 Å². The largest absolute Gasteiger partial charge is 0.352 e. The van der Waals surface area contributed by atoms with Crippen LogP contribution in [0.15, 0.2) is 18.2 Å². The van der Waals surface area contributed by atoms with E-state index in [1.54, 1.807) is 0 Å². The highest BCUT2D eigenvalue weighted by Crippen LogP contribution is 2.32. The van der Waals surface area contributed by atoms with Crippen LogP contribution in [0.5, 0.6) is 0 Å². The number of hydrogen-bond donors (Lipinski definition) is 1. The molecule has 1 heterocycles. The van der Waals surface area contributed by atoms with Crippen molar-refractivity contribution in [2.45, 2.75) is 37.9 Å². The second-order valence-corrected chi connectivity index (χ2v) is 6.24. The van der Waals surface area contributed by atoms with E-state index in [1.807, 2.05) is 6.07 Å². The Morgan fingerprint density at radius 1 is 1.44 bits per heavy atom. The van der Waals surface area contributed by atoms with Crippen LogP contribution in [0.2, 0.25) is 0 Å². The zero-order chi connectivity index (χ0) is 13.1. The van der Waals surface area contributed by atoms with Gasteiger partial charge in [-0.15, -0.1) is 0 Å². The Labute approximate surface area is 117 Å². The molecule has 0 aliphatic carbocycles. The van der Waals surface area contributed by atoms with Crippen LogP contribution in [0.25, 0.3) is 0 Å². The first kappa shape index (κ1) is 13.6. The van der Waals surface area contributed by atoms with Crippen molar-refractivity contribution in [1.82, 2.24) is 5.32 Å². The summed E-state index contributed by atoms with van der Waals surface area (Å²) in [5.41, 5.74) is 3.24. The van der Waals surface area contributed by atoms with E-state index in [4.69, 9.17) is 0 Å². The van der Waals surface area contributed by atoms with Crippen molar-refractivity contribution >= 4 is 21.8 Å². The normalized spacial score (nSPS) is 17.8. The fourth-order valence-corrected chi connectivity index (χ4v) is 3.20. The molecule has 0 fully saturated rings. The molecule has 2 nitrogen and oxygen atoms in total. The van der Waals surface area contributed by atoms with Crippen molar-refractivity contribution in [2.24, 2.45) is 5.92 Å². The average Bonchev–Trinajstić information content (AvgIpc) is 2.38. The molecule has 1 amide bonds. The molecule has 3 heteroatoms. The second kappa shape index (κ2) is 5.87. The summed E-state index contributed by atoms with van der Waals surface area (Å²) in [7, 11) is 0. The number of alkyl halides is 1. The van der Waals surface area contributed by atoms with E-state index in [1.165, 1.54) is 17.5 Å². The third kappa shape index (κ3) is 2.94. The molecule has 1 aliphatic rings. The van der Waals surface area contributed by atoms with Gasteiger partial charge in [-0.2, -0.15) is 0 Å². The molecule has 0 spiro atoms. The van der Waals surface area contributed by atoms with Crippen LogP contribution < -0.4 is 5.32 Å². The molecule has 0 bridgehead atoms. The number of rotatable bonds is 4. The van der Waals surface area contributed by atoms with E-state index >= 15 is 0 Å². The number of amides is 1. The van der Waals surface area contributed by atoms with Crippen LogP contribution in [0.3, 0.4) is 0 Å². The van der Waals surface area contributed by atoms with E-state index in [0.717, 1.165) is 24.9 Å². The first-order chi connectivity index (χ1) is 8.61. The van der Waals surface area contributed by atoms with Crippen LogP contribution in [-0.4, -0.2) is 12.5 Å². The number of fused-ring (bicyclic) bond motifs is 1. The lowest BCUT2D eigenvalue weighted by Crippen LogP contribution is -2.31. The minimum Gasteiger partial charge on any atom is -0.352 e. The minimum absolute atomic E-state index is 0.0707. The summed E-state index contributed by atoms with van der Waals surface area (Å²) in [6, 6.07) is 6.30. The zero-order valence-corrected chi connectivity index (χ0v) is 12.6. The molecule has 1 aliphatic heterocycles. The molecule has 0 radical (unpaired) electrons. The lowest BCUT2D eigenvalue weighted by Gasteiger charge is -2.20. The van der Waals surface area contributed by atoms with Gasteiger partial charge in [0.1, 0.15) is 0 Å². The maximum atomic E-state index is 11.8. The Hall–Kier alpha value is -0.830. The monoisotopic (exact) mass is 309 g/mol. The summed E-state index contributed by atoms with van der Waals surface area (Å²) >= 11 is 3.74. The lowest BCUT2D eigenvalue weighted by molar-refractivity contribution is 0.0946. The average molecular weight is 310 g/mol. The van der Waals surface area contributed by atoms with Crippen molar-refractivity contribution in [1.29, 1.82) is 0 Å². The van der Waals surface area contributed by atoms with Gasteiger partial charge >= 0.3 is 0 Å². The van der Waals surface area contributed by atoms with Crippen molar-refractivity contribution in [3.8, 4) is 0 Å². The molecule has 1 aromatic carbocycles.